The van der Waals surface area contributed by atoms with E-state index in [-0.39, 0.29) is 29.7 Å². The third kappa shape index (κ3) is 3.15. The van der Waals surface area contributed by atoms with Crippen molar-refractivity contribution in [3.8, 4) is 11.5 Å². The Labute approximate surface area is 212 Å². The minimum atomic E-state index is -2.67. The minimum Gasteiger partial charge on any atom is -0.510 e. The summed E-state index contributed by atoms with van der Waals surface area (Å²) < 4.78 is 5.94. The summed E-state index contributed by atoms with van der Waals surface area (Å²) in [5.74, 6) is -6.34. The fourth-order valence-corrected chi connectivity index (χ4v) is 6.34. The van der Waals surface area contributed by atoms with Crippen LogP contribution in [0.4, 0.5) is 0 Å². The van der Waals surface area contributed by atoms with Crippen molar-refractivity contribution >= 4 is 28.2 Å². The molecule has 1 amide bonds. The maximum Gasteiger partial charge on any atom is 0.255 e. The number of amides is 1. The average Bonchev–Trinajstić information content (AvgIpc) is 2.83. The highest BCUT2D eigenvalue weighted by Crippen LogP contribution is 2.54. The number of hydrogen-bond donors (Lipinski definition) is 5. The van der Waals surface area contributed by atoms with Gasteiger partial charge in [-0.1, -0.05) is 24.3 Å². The number of Topliss-reactive ketones (excluding diaryl/α,β-unsaturated/α-hetero) is 2. The van der Waals surface area contributed by atoms with Gasteiger partial charge in [0.05, 0.1) is 18.2 Å². The molecule has 0 aliphatic heterocycles. The highest BCUT2D eigenvalue weighted by atomic mass is 16.5. The quantitative estimate of drug-likeness (QED) is 0.385. The van der Waals surface area contributed by atoms with E-state index in [2.05, 4.69) is 0 Å². The van der Waals surface area contributed by atoms with Crippen molar-refractivity contribution < 1.29 is 39.5 Å². The van der Waals surface area contributed by atoms with Crippen LogP contribution >= 0.6 is 0 Å². The van der Waals surface area contributed by atoms with Crippen LogP contribution in [0, 0.1) is 11.8 Å². The molecular formula is C27H28N2O8. The zero-order valence-electron chi connectivity index (χ0n) is 20.6. The van der Waals surface area contributed by atoms with Crippen molar-refractivity contribution in [3.05, 3.63) is 58.1 Å². The van der Waals surface area contributed by atoms with Crippen LogP contribution in [-0.2, 0) is 16.0 Å². The molecule has 6 N–H and O–H groups in total. The number of ketones is 2. The molecule has 0 spiro atoms. The van der Waals surface area contributed by atoms with E-state index in [1.807, 2.05) is 0 Å². The molecule has 2 aromatic carbocycles. The number of aromatic hydroxyl groups is 1. The van der Waals surface area contributed by atoms with Crippen molar-refractivity contribution in [2.45, 2.75) is 31.4 Å². The highest BCUT2D eigenvalue weighted by Gasteiger charge is 2.63. The Morgan fingerprint density at radius 2 is 1.81 bits per heavy atom. The number of nitrogens with two attached hydrogens (primary N) is 1. The summed E-state index contributed by atoms with van der Waals surface area (Å²) in [7, 11) is 3.18. The van der Waals surface area contributed by atoms with E-state index in [0.717, 1.165) is 0 Å². The van der Waals surface area contributed by atoms with Gasteiger partial charge >= 0.3 is 0 Å². The summed E-state index contributed by atoms with van der Waals surface area (Å²) in [6.45, 7) is 2.11. The molecule has 10 nitrogen and oxygen atoms in total. The predicted octanol–water partition coefficient (Wildman–Crippen LogP) is 1.67. The summed E-state index contributed by atoms with van der Waals surface area (Å²) in [6, 6.07) is 5.88. The Hall–Kier alpha value is -3.89. The van der Waals surface area contributed by atoms with E-state index in [9.17, 15) is 34.8 Å². The molecule has 0 bridgehead atoms. The molecule has 0 aromatic heterocycles. The number of allylic oxidation sites excluding steroid dienone is 1. The number of carbonyl (C=O) groups excluding carboxylic acids is 3. The molecule has 0 radical (unpaired) electrons. The van der Waals surface area contributed by atoms with E-state index in [0.29, 0.717) is 28.7 Å². The number of primary amides is 1. The van der Waals surface area contributed by atoms with Gasteiger partial charge in [0.15, 0.2) is 11.4 Å². The molecule has 3 aliphatic carbocycles. The van der Waals surface area contributed by atoms with Crippen LogP contribution in [0.15, 0.2) is 46.9 Å². The first-order chi connectivity index (χ1) is 17.5. The standard InChI is InChI=1S/C27H28N2O8/c1-4-37-23-13-8-6-5-7-12(13)20(30)17-14(23)9-11-10-15-19(29(2)3)22(32)18(26(28)35)25(34)27(15,36)24(33)16(11)21(17)31/h5-8,11,15,19,30,32-33,36H,4,9-10H2,1-3H3,(H2,28,35)/t11-,15-,19-,27-/m0/s1. The summed E-state index contributed by atoms with van der Waals surface area (Å²) in [5, 5.41) is 46.1. The SMILES string of the molecule is CCOc1c2c(c(O)c3ccccc13)C(=O)C1=C(O)[C@]3(O)C(=O)C(C(N)=O)=C(O)[C@@H](N(C)C)[C@@H]3C[C@@H]1C2. The van der Waals surface area contributed by atoms with E-state index in [1.165, 1.54) is 4.90 Å². The fourth-order valence-electron chi connectivity index (χ4n) is 6.34. The molecule has 4 atom stereocenters. The molecule has 0 saturated carbocycles. The van der Waals surface area contributed by atoms with Crippen LogP contribution < -0.4 is 10.5 Å². The lowest BCUT2D eigenvalue weighted by Gasteiger charge is -2.50. The molecule has 3 aliphatic rings. The van der Waals surface area contributed by atoms with Gasteiger partial charge in [-0.15, -0.1) is 0 Å². The number of benzene rings is 2. The van der Waals surface area contributed by atoms with Gasteiger partial charge < -0.3 is 30.9 Å². The van der Waals surface area contributed by atoms with E-state index in [1.54, 1.807) is 45.3 Å². The molecule has 0 unspecified atom stereocenters. The number of carbonyl (C=O) groups is 3. The molecular weight excluding hydrogens is 480 g/mol. The number of rotatable bonds is 4. The Morgan fingerprint density at radius 1 is 1.16 bits per heavy atom. The maximum atomic E-state index is 13.9. The van der Waals surface area contributed by atoms with Crippen molar-refractivity contribution in [2.24, 2.45) is 17.6 Å². The molecule has 37 heavy (non-hydrogen) atoms. The highest BCUT2D eigenvalue weighted by molar-refractivity contribution is 6.25. The topological polar surface area (TPSA) is 171 Å². The molecule has 2 aromatic rings. The van der Waals surface area contributed by atoms with Crippen LogP contribution in [0.25, 0.3) is 10.8 Å². The second-order valence-electron chi connectivity index (χ2n) is 9.97. The minimum absolute atomic E-state index is 0.0188. The van der Waals surface area contributed by atoms with Gasteiger partial charge in [-0.25, -0.2) is 0 Å². The van der Waals surface area contributed by atoms with Gasteiger partial charge in [-0.2, -0.15) is 0 Å². The zero-order chi connectivity index (χ0) is 27.0. The third-order valence-corrected chi connectivity index (χ3v) is 7.84. The van der Waals surface area contributed by atoms with Crippen LogP contribution in [0.3, 0.4) is 0 Å². The molecule has 0 fully saturated rings. The summed E-state index contributed by atoms with van der Waals surface area (Å²) in [5.41, 5.74) is 2.06. The third-order valence-electron chi connectivity index (χ3n) is 7.84. The van der Waals surface area contributed by atoms with Gasteiger partial charge in [0.2, 0.25) is 5.78 Å². The van der Waals surface area contributed by atoms with Crippen molar-refractivity contribution in [2.75, 3.05) is 20.7 Å². The second-order valence-corrected chi connectivity index (χ2v) is 9.97. The van der Waals surface area contributed by atoms with Gasteiger partial charge in [0.1, 0.15) is 28.6 Å². The van der Waals surface area contributed by atoms with Crippen LogP contribution in [0.1, 0.15) is 29.3 Å². The Kier molecular flexibility index (Phi) is 5.58. The lowest BCUT2D eigenvalue weighted by atomic mass is 9.58. The van der Waals surface area contributed by atoms with E-state index < -0.39 is 58.0 Å². The fraction of sp³-hybridized carbons (Fsp3) is 0.370. The van der Waals surface area contributed by atoms with Crippen molar-refractivity contribution in [3.63, 3.8) is 0 Å². The molecule has 194 valence electrons. The maximum absolute atomic E-state index is 13.9. The van der Waals surface area contributed by atoms with E-state index in [4.69, 9.17) is 10.5 Å². The number of ether oxygens (including phenoxy) is 1. The monoisotopic (exact) mass is 508 g/mol. The van der Waals surface area contributed by atoms with Crippen molar-refractivity contribution in [1.29, 1.82) is 0 Å². The predicted molar refractivity (Wildman–Crippen MR) is 132 cm³/mol. The number of likely N-dealkylation sites (N-methyl/N-ethyl adjacent to an activating group) is 1. The average molecular weight is 509 g/mol. The van der Waals surface area contributed by atoms with Crippen LogP contribution in [0.2, 0.25) is 0 Å². The first-order valence-electron chi connectivity index (χ1n) is 12.0. The Morgan fingerprint density at radius 3 is 2.41 bits per heavy atom. The number of fused-ring (bicyclic) bond motifs is 4. The number of nitrogens with zero attached hydrogens (tertiary/aromatic N) is 1. The number of phenolic OH excluding ortho intramolecular Hbond substituents is 1. The second kappa shape index (κ2) is 8.32. The smallest absolute Gasteiger partial charge is 0.255 e. The Balaban J connectivity index is 1.78. The molecule has 0 heterocycles. The number of aliphatic hydroxyl groups is 3. The first-order valence-corrected chi connectivity index (χ1v) is 12.0. The van der Waals surface area contributed by atoms with Gasteiger partial charge in [-0.3, -0.25) is 19.3 Å². The van der Waals surface area contributed by atoms with Gasteiger partial charge in [0, 0.05) is 27.8 Å². The van der Waals surface area contributed by atoms with Crippen LogP contribution in [-0.4, -0.2) is 75.1 Å². The Bertz CT molecular complexity index is 1460. The normalized spacial score (nSPS) is 27.3. The molecule has 10 heteroatoms. The van der Waals surface area contributed by atoms with Crippen LogP contribution in [0.5, 0.6) is 11.5 Å². The first kappa shape index (κ1) is 24.8. The van der Waals surface area contributed by atoms with Crippen molar-refractivity contribution in [1.82, 2.24) is 4.90 Å². The number of hydrogen-bond acceptors (Lipinski definition) is 9. The summed E-state index contributed by atoms with van der Waals surface area (Å²) in [6.07, 6.45) is 0.188. The molecule has 0 saturated heterocycles. The van der Waals surface area contributed by atoms with Gasteiger partial charge in [-0.05, 0) is 39.8 Å². The summed E-state index contributed by atoms with van der Waals surface area (Å²) >= 11 is 0. The van der Waals surface area contributed by atoms with E-state index >= 15 is 0 Å². The lowest BCUT2D eigenvalue weighted by Crippen LogP contribution is -2.63. The molecule has 5 rings (SSSR count). The number of phenols is 1. The summed E-state index contributed by atoms with van der Waals surface area (Å²) in [4.78, 5) is 40.8. The van der Waals surface area contributed by atoms with Gasteiger partial charge in [0.25, 0.3) is 5.91 Å². The zero-order valence-corrected chi connectivity index (χ0v) is 20.6. The largest absolute Gasteiger partial charge is 0.510 e. The lowest BCUT2D eigenvalue weighted by molar-refractivity contribution is -0.148. The number of aliphatic hydroxyl groups excluding tert-OH is 2.